The van der Waals surface area contributed by atoms with Crippen LogP contribution in [0.1, 0.15) is 34.6 Å². The van der Waals surface area contributed by atoms with Gasteiger partial charge in [0.05, 0.1) is 11.6 Å². The minimum Gasteiger partial charge on any atom is -0.444 e. The van der Waals surface area contributed by atoms with Crippen molar-refractivity contribution < 1.29 is 14.6 Å². The number of aliphatic hydroxyl groups is 1. The molecule has 1 heterocycles. The zero-order valence-corrected chi connectivity index (χ0v) is 11.3. The lowest BCUT2D eigenvalue weighted by Crippen LogP contribution is -2.64. The maximum absolute atomic E-state index is 11.6. The van der Waals surface area contributed by atoms with Crippen LogP contribution in [0.25, 0.3) is 0 Å². The number of nitrogens with one attached hydrogen (secondary N) is 2. The third-order valence-corrected chi connectivity index (χ3v) is 3.19. The highest BCUT2D eigenvalue weighted by molar-refractivity contribution is 5.68. The van der Waals surface area contributed by atoms with E-state index in [9.17, 15) is 9.90 Å². The number of carbonyl (C=O) groups is 1. The molecule has 100 valence electrons. The zero-order valence-electron chi connectivity index (χ0n) is 11.3. The molecule has 1 rings (SSSR count). The Morgan fingerprint density at radius 3 is 2.59 bits per heavy atom. The Kier molecular flexibility index (Phi) is 4.04. The number of alkyl carbamates (subject to hydrolysis) is 1. The summed E-state index contributed by atoms with van der Waals surface area (Å²) in [6, 6.07) is -0.332. The largest absolute Gasteiger partial charge is 0.444 e. The van der Waals surface area contributed by atoms with Crippen molar-refractivity contribution in [2.75, 3.05) is 13.1 Å². The topological polar surface area (TPSA) is 70.6 Å². The molecule has 0 aromatic carbocycles. The average molecular weight is 244 g/mol. The van der Waals surface area contributed by atoms with Crippen molar-refractivity contribution in [3.63, 3.8) is 0 Å². The van der Waals surface area contributed by atoms with Gasteiger partial charge in [0.1, 0.15) is 5.60 Å². The molecule has 1 amide bonds. The van der Waals surface area contributed by atoms with Crippen molar-refractivity contribution in [3.8, 4) is 0 Å². The van der Waals surface area contributed by atoms with Crippen molar-refractivity contribution in [1.82, 2.24) is 10.6 Å². The fraction of sp³-hybridized carbons (Fsp3) is 0.917. The van der Waals surface area contributed by atoms with Gasteiger partial charge in [-0.2, -0.15) is 0 Å². The van der Waals surface area contributed by atoms with Gasteiger partial charge in [-0.25, -0.2) is 4.79 Å². The van der Waals surface area contributed by atoms with Crippen LogP contribution < -0.4 is 10.6 Å². The molecule has 0 radical (unpaired) electrons. The van der Waals surface area contributed by atoms with E-state index in [2.05, 4.69) is 10.6 Å². The number of ether oxygens (including phenoxy) is 1. The second-order valence-corrected chi connectivity index (χ2v) is 5.98. The molecule has 1 aliphatic rings. The van der Waals surface area contributed by atoms with Crippen molar-refractivity contribution in [2.45, 2.75) is 51.9 Å². The van der Waals surface area contributed by atoms with Gasteiger partial charge in [0, 0.05) is 13.1 Å². The first kappa shape index (κ1) is 14.3. The first-order valence-electron chi connectivity index (χ1n) is 6.05. The molecule has 3 N–H and O–H groups in total. The quantitative estimate of drug-likeness (QED) is 0.640. The van der Waals surface area contributed by atoms with E-state index in [4.69, 9.17) is 4.74 Å². The Hall–Kier alpha value is -0.810. The van der Waals surface area contributed by atoms with Gasteiger partial charge in [0.2, 0.25) is 0 Å². The summed E-state index contributed by atoms with van der Waals surface area (Å²) in [6.45, 7) is 10.4. The molecule has 17 heavy (non-hydrogen) atoms. The van der Waals surface area contributed by atoms with Crippen LogP contribution in [-0.2, 0) is 4.74 Å². The molecule has 1 fully saturated rings. The highest BCUT2D eigenvalue weighted by Crippen LogP contribution is 2.24. The maximum Gasteiger partial charge on any atom is 0.408 e. The second-order valence-electron chi connectivity index (χ2n) is 5.98. The van der Waals surface area contributed by atoms with E-state index in [0.29, 0.717) is 6.54 Å². The second kappa shape index (κ2) is 4.82. The van der Waals surface area contributed by atoms with Crippen LogP contribution in [0.15, 0.2) is 0 Å². The molecule has 2 unspecified atom stereocenters. The number of carbonyl (C=O) groups excluding carboxylic acids is 1. The van der Waals surface area contributed by atoms with Gasteiger partial charge in [-0.05, 0) is 33.6 Å². The van der Waals surface area contributed by atoms with Crippen LogP contribution in [0.2, 0.25) is 0 Å². The van der Waals surface area contributed by atoms with Gasteiger partial charge in [-0.15, -0.1) is 0 Å². The number of hydrogen-bond acceptors (Lipinski definition) is 4. The molecule has 0 aromatic heterocycles. The van der Waals surface area contributed by atoms with Gasteiger partial charge in [0.15, 0.2) is 0 Å². The SMILES string of the molecule is C[C@H]1CNCC(NC(=O)OC(C)(C)C)C1(C)O. The maximum atomic E-state index is 11.6. The summed E-state index contributed by atoms with van der Waals surface area (Å²) in [7, 11) is 0. The fourth-order valence-electron chi connectivity index (χ4n) is 1.85. The van der Waals surface area contributed by atoms with Crippen molar-refractivity contribution in [3.05, 3.63) is 0 Å². The van der Waals surface area contributed by atoms with E-state index in [-0.39, 0.29) is 12.0 Å². The van der Waals surface area contributed by atoms with E-state index >= 15 is 0 Å². The number of hydrogen-bond donors (Lipinski definition) is 3. The van der Waals surface area contributed by atoms with E-state index < -0.39 is 17.3 Å². The third-order valence-electron chi connectivity index (χ3n) is 3.19. The predicted molar refractivity (Wildman–Crippen MR) is 65.8 cm³/mol. The lowest BCUT2D eigenvalue weighted by atomic mass is 9.81. The van der Waals surface area contributed by atoms with Crippen LogP contribution in [0, 0.1) is 5.92 Å². The summed E-state index contributed by atoms with van der Waals surface area (Å²) in [4.78, 5) is 11.6. The van der Waals surface area contributed by atoms with E-state index in [0.717, 1.165) is 6.54 Å². The Labute approximate surface area is 103 Å². The number of piperidine rings is 1. The normalized spacial score (nSPS) is 34.2. The third kappa shape index (κ3) is 3.85. The highest BCUT2D eigenvalue weighted by atomic mass is 16.6. The van der Waals surface area contributed by atoms with E-state index in [1.54, 1.807) is 6.92 Å². The molecule has 5 nitrogen and oxygen atoms in total. The summed E-state index contributed by atoms with van der Waals surface area (Å²) in [5, 5.41) is 16.2. The van der Waals surface area contributed by atoms with Gasteiger partial charge in [0.25, 0.3) is 0 Å². The molecule has 0 spiro atoms. The molecule has 0 bridgehead atoms. The van der Waals surface area contributed by atoms with Crippen LogP contribution in [0.5, 0.6) is 0 Å². The smallest absolute Gasteiger partial charge is 0.408 e. The lowest BCUT2D eigenvalue weighted by Gasteiger charge is -2.42. The first-order chi connectivity index (χ1) is 7.63. The van der Waals surface area contributed by atoms with Gasteiger partial charge >= 0.3 is 6.09 Å². The molecule has 0 aromatic rings. The fourth-order valence-corrected chi connectivity index (χ4v) is 1.85. The molecular weight excluding hydrogens is 220 g/mol. The number of amides is 1. The van der Waals surface area contributed by atoms with Crippen molar-refractivity contribution in [1.29, 1.82) is 0 Å². The minimum absolute atomic E-state index is 0.0798. The monoisotopic (exact) mass is 244 g/mol. The Balaban J connectivity index is 2.58. The Morgan fingerprint density at radius 1 is 1.47 bits per heavy atom. The molecule has 0 saturated carbocycles. The molecule has 0 aliphatic carbocycles. The molecule has 3 atom stereocenters. The molecular formula is C12H24N2O3. The summed E-state index contributed by atoms with van der Waals surface area (Å²) in [5.74, 6) is 0.0798. The van der Waals surface area contributed by atoms with Crippen LogP contribution in [0.4, 0.5) is 4.79 Å². The van der Waals surface area contributed by atoms with Gasteiger partial charge < -0.3 is 20.5 Å². The molecule has 1 saturated heterocycles. The van der Waals surface area contributed by atoms with Crippen molar-refractivity contribution in [2.24, 2.45) is 5.92 Å². The summed E-state index contributed by atoms with van der Waals surface area (Å²) in [5.41, 5.74) is -1.44. The summed E-state index contributed by atoms with van der Waals surface area (Å²) >= 11 is 0. The summed E-state index contributed by atoms with van der Waals surface area (Å²) < 4.78 is 5.18. The van der Waals surface area contributed by atoms with Gasteiger partial charge in [-0.3, -0.25) is 0 Å². The van der Waals surface area contributed by atoms with Crippen LogP contribution >= 0.6 is 0 Å². The summed E-state index contributed by atoms with van der Waals surface area (Å²) in [6.07, 6.45) is -0.487. The standard InChI is InChI=1S/C12H24N2O3/c1-8-6-13-7-9(12(8,5)16)14-10(15)17-11(2,3)4/h8-9,13,16H,6-7H2,1-5H3,(H,14,15)/t8-,9?,12?/m0/s1. The zero-order chi connectivity index (χ0) is 13.3. The molecule has 1 aliphatic heterocycles. The van der Waals surface area contributed by atoms with Gasteiger partial charge in [-0.1, -0.05) is 6.92 Å². The average Bonchev–Trinajstić information content (AvgIpc) is 2.10. The minimum atomic E-state index is -0.915. The Morgan fingerprint density at radius 2 is 2.06 bits per heavy atom. The Bertz CT molecular complexity index is 284. The van der Waals surface area contributed by atoms with Crippen LogP contribution in [0.3, 0.4) is 0 Å². The van der Waals surface area contributed by atoms with E-state index in [1.165, 1.54) is 0 Å². The van der Waals surface area contributed by atoms with Crippen LogP contribution in [-0.4, -0.2) is 41.5 Å². The predicted octanol–water partition coefficient (Wildman–Crippen LogP) is 0.870. The first-order valence-corrected chi connectivity index (χ1v) is 6.05. The van der Waals surface area contributed by atoms with Crippen molar-refractivity contribution >= 4 is 6.09 Å². The molecule has 5 heteroatoms. The highest BCUT2D eigenvalue weighted by Gasteiger charge is 2.41. The number of rotatable bonds is 1. The van der Waals surface area contributed by atoms with E-state index in [1.807, 2.05) is 27.7 Å². The lowest BCUT2D eigenvalue weighted by molar-refractivity contribution is -0.0469.